The van der Waals surface area contributed by atoms with Crippen molar-refractivity contribution in [2.75, 3.05) is 24.4 Å². The highest BCUT2D eigenvalue weighted by Crippen LogP contribution is 2.32. The highest BCUT2D eigenvalue weighted by atomic mass is 35.5. The fraction of sp³-hybridized carbons (Fsp3) is 0.321. The second-order valence-electron chi connectivity index (χ2n) is 10.5. The molecule has 3 rings (SSSR count). The minimum absolute atomic E-state index is 0.0134. The van der Waals surface area contributed by atoms with Crippen molar-refractivity contribution < 1.29 is 36.8 Å². The number of benzene rings is 2. The fourth-order valence-electron chi connectivity index (χ4n) is 3.69. The lowest BCUT2D eigenvalue weighted by Crippen LogP contribution is -2.46. The summed E-state index contributed by atoms with van der Waals surface area (Å²) < 4.78 is 38.6. The number of hydrogen-bond donors (Lipinski definition) is 3. The molecule has 1 aromatic heterocycles. The van der Waals surface area contributed by atoms with Gasteiger partial charge >= 0.3 is 6.09 Å². The van der Waals surface area contributed by atoms with E-state index in [0.29, 0.717) is 16.9 Å². The van der Waals surface area contributed by atoms with Crippen molar-refractivity contribution in [3.8, 4) is 17.0 Å². The quantitative estimate of drug-likeness (QED) is 0.226. The molecule has 0 aliphatic rings. The Kier molecular flexibility index (Phi) is 11.0. The molecule has 0 bridgehead atoms. The molecule has 0 unspecified atom stereocenters. The smallest absolute Gasteiger partial charge is 0.414 e. The zero-order chi connectivity index (χ0) is 32.8. The predicted octanol–water partition coefficient (Wildman–Crippen LogP) is 4.76. The number of amides is 3. The number of sulfone groups is 1. The van der Waals surface area contributed by atoms with Crippen LogP contribution in [0.4, 0.5) is 10.5 Å². The van der Waals surface area contributed by atoms with Gasteiger partial charge in [0.1, 0.15) is 34.1 Å². The number of carbonyl (C=O) groups excluding carboxylic acids is 3. The van der Waals surface area contributed by atoms with Crippen LogP contribution in [0.3, 0.4) is 0 Å². The van der Waals surface area contributed by atoms with Gasteiger partial charge in [0, 0.05) is 11.8 Å². The summed E-state index contributed by atoms with van der Waals surface area (Å²) in [6.07, 6.45) is 0.0389. The second-order valence-corrected chi connectivity index (χ2v) is 13.4. The molecule has 0 aliphatic heterocycles. The van der Waals surface area contributed by atoms with Gasteiger partial charge in [-0.25, -0.2) is 18.2 Å². The number of rotatable bonds is 8. The van der Waals surface area contributed by atoms with E-state index in [1.165, 1.54) is 19.2 Å². The normalized spacial score (nSPS) is 12.0. The van der Waals surface area contributed by atoms with Gasteiger partial charge in [0.05, 0.1) is 29.4 Å². The lowest BCUT2D eigenvalue weighted by molar-refractivity contribution is -0.113. The summed E-state index contributed by atoms with van der Waals surface area (Å²) in [4.78, 5) is 42.4. The molecule has 0 radical (unpaired) electrons. The Balaban J connectivity index is 1.89. The van der Waals surface area contributed by atoms with E-state index in [1.807, 2.05) is 0 Å². The zero-order valence-electron chi connectivity index (χ0n) is 24.7. The van der Waals surface area contributed by atoms with Gasteiger partial charge in [0.2, 0.25) is 11.9 Å². The monoisotopic (exact) mass is 667 g/mol. The first-order valence-corrected chi connectivity index (χ1v) is 15.7. The van der Waals surface area contributed by atoms with E-state index in [-0.39, 0.29) is 45.3 Å². The summed E-state index contributed by atoms with van der Waals surface area (Å²) >= 11 is 12.6. The number of ether oxygens (including phenoxy) is 2. The zero-order valence-corrected chi connectivity index (χ0v) is 27.0. The van der Waals surface area contributed by atoms with Gasteiger partial charge in [-0.1, -0.05) is 28.4 Å². The van der Waals surface area contributed by atoms with Crippen molar-refractivity contribution in [3.05, 3.63) is 63.3 Å². The molecule has 1 heterocycles. The van der Waals surface area contributed by atoms with Crippen molar-refractivity contribution in [1.82, 2.24) is 15.8 Å². The number of aryl methyl sites for hydroxylation is 1. The average molecular weight is 669 g/mol. The summed E-state index contributed by atoms with van der Waals surface area (Å²) in [6, 6.07) is 9.70. The van der Waals surface area contributed by atoms with E-state index < -0.39 is 39.1 Å². The number of alkyl carbamates (subject to hydrolysis) is 1. The maximum Gasteiger partial charge on any atom is 0.414 e. The van der Waals surface area contributed by atoms with Gasteiger partial charge in [-0.05, 0) is 69.7 Å². The molecular formula is C28H31Cl2N5O8S. The average Bonchev–Trinajstić information content (AvgIpc) is 3.28. The summed E-state index contributed by atoms with van der Waals surface area (Å²) in [5.74, 6) is -1.67. The molecule has 0 atom stereocenters. The molecule has 3 amide bonds. The van der Waals surface area contributed by atoms with Crippen molar-refractivity contribution in [1.29, 1.82) is 0 Å². The Morgan fingerprint density at radius 3 is 2.20 bits per heavy atom. The third-order valence-corrected chi connectivity index (χ3v) is 6.87. The molecule has 0 saturated heterocycles. The van der Waals surface area contributed by atoms with Crippen LogP contribution in [-0.2, 0) is 25.9 Å². The van der Waals surface area contributed by atoms with E-state index in [2.05, 4.69) is 26.1 Å². The van der Waals surface area contributed by atoms with Crippen molar-refractivity contribution in [3.63, 3.8) is 0 Å². The van der Waals surface area contributed by atoms with E-state index in [0.717, 1.165) is 6.26 Å². The molecule has 0 fully saturated rings. The number of nitrogens with one attached hydrogen (secondary N) is 3. The standard InChI is InChI=1S/C28H31Cl2N5O8S/c1-15-22(23(35-43-15)17-7-9-18(41-5)10-8-17)25(37)33-26(34-27(38)42-28(2,3)4)31-13-16-11-19(29)24(20(30)12-16)32-21(36)14-44(6,39)40/h7-12H,13-14H2,1-6H3,(H,32,36)(H2,31,33,34,37,38). The topological polar surface area (TPSA) is 178 Å². The molecule has 0 spiro atoms. The number of hydrogen-bond acceptors (Lipinski definition) is 10. The molecule has 0 saturated carbocycles. The van der Waals surface area contributed by atoms with Crippen LogP contribution in [0.1, 0.15) is 42.5 Å². The van der Waals surface area contributed by atoms with Gasteiger partial charge in [-0.2, -0.15) is 0 Å². The van der Waals surface area contributed by atoms with Gasteiger partial charge in [0.15, 0.2) is 9.84 Å². The molecule has 3 N–H and O–H groups in total. The Hall–Kier alpha value is -4.14. The molecule has 3 aromatic rings. The van der Waals surface area contributed by atoms with E-state index in [1.54, 1.807) is 52.0 Å². The van der Waals surface area contributed by atoms with Crippen LogP contribution in [0.15, 0.2) is 45.9 Å². The summed E-state index contributed by atoms with van der Waals surface area (Å²) in [5.41, 5.74) is 0.549. The molecule has 44 heavy (non-hydrogen) atoms. The first kappa shape index (κ1) is 34.4. The Morgan fingerprint density at radius 2 is 1.66 bits per heavy atom. The highest BCUT2D eigenvalue weighted by Gasteiger charge is 2.25. The SMILES string of the molecule is COc1ccc(-c2noc(C)c2C(=O)NC(=NCc2cc(Cl)c(NC(=O)CS(C)(=O)=O)c(Cl)c2)NC(=O)OC(C)(C)C)cc1. The molecule has 236 valence electrons. The van der Waals surface area contributed by atoms with Crippen LogP contribution < -0.4 is 20.7 Å². The van der Waals surface area contributed by atoms with Gasteiger partial charge in [-0.3, -0.25) is 20.2 Å². The van der Waals surface area contributed by atoms with E-state index in [9.17, 15) is 22.8 Å². The predicted molar refractivity (Wildman–Crippen MR) is 166 cm³/mol. The number of guanidine groups is 1. The maximum atomic E-state index is 13.5. The lowest BCUT2D eigenvalue weighted by atomic mass is 10.1. The molecule has 2 aromatic carbocycles. The van der Waals surface area contributed by atoms with Crippen LogP contribution in [-0.4, -0.2) is 62.2 Å². The largest absolute Gasteiger partial charge is 0.497 e. The van der Waals surface area contributed by atoms with Gasteiger partial charge in [-0.15, -0.1) is 0 Å². The number of nitrogens with zero attached hydrogens (tertiary/aromatic N) is 2. The first-order valence-electron chi connectivity index (χ1n) is 12.9. The Morgan fingerprint density at radius 1 is 1.05 bits per heavy atom. The maximum absolute atomic E-state index is 13.5. The highest BCUT2D eigenvalue weighted by molar-refractivity contribution is 7.91. The minimum atomic E-state index is -3.58. The van der Waals surface area contributed by atoms with Gasteiger partial charge < -0.3 is 19.3 Å². The van der Waals surface area contributed by atoms with Crippen molar-refractivity contribution in [2.24, 2.45) is 4.99 Å². The summed E-state index contributed by atoms with van der Waals surface area (Å²) in [6.45, 7) is 6.43. The molecular weight excluding hydrogens is 637 g/mol. The lowest BCUT2D eigenvalue weighted by Gasteiger charge is -2.20. The molecule has 16 heteroatoms. The van der Waals surface area contributed by atoms with Crippen LogP contribution in [0.5, 0.6) is 5.75 Å². The number of anilines is 1. The van der Waals surface area contributed by atoms with Crippen molar-refractivity contribution >= 4 is 62.6 Å². The molecule has 0 aliphatic carbocycles. The third kappa shape index (κ3) is 9.96. The third-order valence-electron chi connectivity index (χ3n) is 5.48. The second kappa shape index (κ2) is 14.1. The van der Waals surface area contributed by atoms with E-state index in [4.69, 9.17) is 37.2 Å². The summed E-state index contributed by atoms with van der Waals surface area (Å²) in [7, 11) is -2.05. The number of methoxy groups -OCH3 is 1. The van der Waals surface area contributed by atoms with Crippen LogP contribution in [0.2, 0.25) is 10.0 Å². The van der Waals surface area contributed by atoms with Crippen molar-refractivity contribution in [2.45, 2.75) is 39.8 Å². The Bertz CT molecular complexity index is 1670. The number of carbonyl (C=O) groups is 3. The van der Waals surface area contributed by atoms with E-state index >= 15 is 0 Å². The van der Waals surface area contributed by atoms with Gasteiger partial charge in [0.25, 0.3) is 5.91 Å². The minimum Gasteiger partial charge on any atom is -0.497 e. The number of aromatic nitrogens is 1. The number of aliphatic imine (C=N–C) groups is 1. The Labute approximate surface area is 264 Å². The van der Waals surface area contributed by atoms with Crippen LogP contribution in [0.25, 0.3) is 11.3 Å². The fourth-order valence-corrected chi connectivity index (χ4v) is 4.86. The summed E-state index contributed by atoms with van der Waals surface area (Å²) in [5, 5.41) is 11.4. The molecule has 13 nitrogen and oxygen atoms in total. The first-order chi connectivity index (χ1) is 20.5. The van der Waals surface area contributed by atoms with Crippen LogP contribution >= 0.6 is 23.2 Å². The number of halogens is 2. The van der Waals surface area contributed by atoms with Crippen LogP contribution in [0, 0.1) is 6.92 Å².